The molecule has 0 radical (unpaired) electrons. The quantitative estimate of drug-likeness (QED) is 0.708. The highest BCUT2D eigenvalue weighted by Crippen LogP contribution is 2.61. The molecule has 1 aromatic rings. The van der Waals surface area contributed by atoms with E-state index in [2.05, 4.69) is 50.1 Å². The van der Waals surface area contributed by atoms with Crippen LogP contribution in [0.2, 0.25) is 0 Å². The first-order valence-electron chi connectivity index (χ1n) is 8.24. The Hall–Kier alpha value is -0.580. The van der Waals surface area contributed by atoms with Crippen LogP contribution in [-0.2, 0) is 10.9 Å². The summed E-state index contributed by atoms with van der Waals surface area (Å²) in [6.07, 6.45) is 8.51. The zero-order valence-corrected chi connectivity index (χ0v) is 15.4. The molecular formula is C18H24O2P2. The highest BCUT2D eigenvalue weighted by molar-refractivity contribution is 7.10. The second-order valence-electron chi connectivity index (χ2n) is 7.27. The lowest BCUT2D eigenvalue weighted by molar-refractivity contribution is 0.0547. The van der Waals surface area contributed by atoms with Crippen LogP contribution in [0, 0.1) is 17.3 Å². The van der Waals surface area contributed by atoms with E-state index in [9.17, 15) is 0 Å². The SMILES string of the molecule is CC12CCC3c4ccc(OP)cc4CCC3C1CC=C2OP. The van der Waals surface area contributed by atoms with Crippen molar-refractivity contribution < 1.29 is 9.05 Å². The zero-order chi connectivity index (χ0) is 15.3. The number of hydrogen-bond acceptors (Lipinski definition) is 2. The van der Waals surface area contributed by atoms with E-state index in [0.717, 1.165) is 23.5 Å². The van der Waals surface area contributed by atoms with Gasteiger partial charge in [0.2, 0.25) is 0 Å². The molecular weight excluding hydrogens is 310 g/mol. The fourth-order valence-corrected chi connectivity index (χ4v) is 5.85. The molecule has 1 saturated carbocycles. The first-order valence-corrected chi connectivity index (χ1v) is 9.18. The molecule has 0 aromatic heterocycles. The monoisotopic (exact) mass is 334 g/mol. The summed E-state index contributed by atoms with van der Waals surface area (Å²) in [5.74, 6) is 4.43. The summed E-state index contributed by atoms with van der Waals surface area (Å²) in [6, 6.07) is 6.66. The molecule has 6 unspecified atom stereocenters. The van der Waals surface area contributed by atoms with E-state index in [1.54, 1.807) is 5.56 Å². The van der Waals surface area contributed by atoms with Crippen molar-refractivity contribution in [3.05, 3.63) is 41.2 Å². The van der Waals surface area contributed by atoms with Crippen LogP contribution in [0.15, 0.2) is 30.0 Å². The lowest BCUT2D eigenvalue weighted by Crippen LogP contribution is -2.41. The molecule has 0 saturated heterocycles. The van der Waals surface area contributed by atoms with E-state index in [4.69, 9.17) is 9.05 Å². The van der Waals surface area contributed by atoms with E-state index >= 15 is 0 Å². The summed E-state index contributed by atoms with van der Waals surface area (Å²) in [6.45, 7) is 2.41. The Morgan fingerprint density at radius 2 is 2.05 bits per heavy atom. The molecule has 4 rings (SSSR count). The summed E-state index contributed by atoms with van der Waals surface area (Å²) in [5.41, 5.74) is 3.33. The highest BCUT2D eigenvalue weighted by Gasteiger charge is 2.52. The average molecular weight is 334 g/mol. The molecule has 0 amide bonds. The highest BCUT2D eigenvalue weighted by atomic mass is 31.0. The lowest BCUT2D eigenvalue weighted by Gasteiger charge is -2.49. The zero-order valence-electron chi connectivity index (χ0n) is 13.0. The number of allylic oxidation sites excluding steroid dienone is 2. The average Bonchev–Trinajstić information content (AvgIpc) is 2.90. The van der Waals surface area contributed by atoms with E-state index in [1.807, 2.05) is 0 Å². The van der Waals surface area contributed by atoms with Gasteiger partial charge in [-0.15, -0.1) is 0 Å². The number of fused-ring (bicyclic) bond motifs is 5. The summed E-state index contributed by atoms with van der Waals surface area (Å²) in [7, 11) is 4.80. The van der Waals surface area contributed by atoms with E-state index in [-0.39, 0.29) is 5.41 Å². The maximum atomic E-state index is 5.62. The molecule has 1 aromatic carbocycles. The third kappa shape index (κ3) is 2.07. The Bertz CT molecular complexity index is 628. The Balaban J connectivity index is 1.67. The molecule has 3 aliphatic rings. The van der Waals surface area contributed by atoms with Gasteiger partial charge in [0.15, 0.2) is 0 Å². The smallest absolute Gasteiger partial charge is 0.122 e. The van der Waals surface area contributed by atoms with E-state index < -0.39 is 0 Å². The Morgan fingerprint density at radius 3 is 2.82 bits per heavy atom. The molecule has 1 fully saturated rings. The number of hydrogen-bond donors (Lipinski definition) is 0. The van der Waals surface area contributed by atoms with Gasteiger partial charge >= 0.3 is 0 Å². The molecule has 2 nitrogen and oxygen atoms in total. The molecule has 0 bridgehead atoms. The van der Waals surface area contributed by atoms with Crippen molar-refractivity contribution >= 4 is 18.9 Å². The van der Waals surface area contributed by atoms with Crippen molar-refractivity contribution in [2.24, 2.45) is 17.3 Å². The molecule has 22 heavy (non-hydrogen) atoms. The molecule has 6 atom stereocenters. The van der Waals surface area contributed by atoms with Gasteiger partial charge in [-0.2, -0.15) is 0 Å². The molecule has 0 aliphatic heterocycles. The molecule has 118 valence electrons. The van der Waals surface area contributed by atoms with Gasteiger partial charge < -0.3 is 9.05 Å². The fraction of sp³-hybridized carbons (Fsp3) is 0.556. The van der Waals surface area contributed by atoms with Crippen LogP contribution in [0.3, 0.4) is 0 Å². The summed E-state index contributed by atoms with van der Waals surface area (Å²) < 4.78 is 10.9. The van der Waals surface area contributed by atoms with E-state index in [0.29, 0.717) is 0 Å². The predicted octanol–water partition coefficient (Wildman–Crippen LogP) is 5.01. The van der Waals surface area contributed by atoms with Gasteiger partial charge in [-0.25, -0.2) is 0 Å². The van der Waals surface area contributed by atoms with Crippen LogP contribution in [0.25, 0.3) is 0 Å². The third-order valence-corrected chi connectivity index (χ3v) is 7.00. The van der Waals surface area contributed by atoms with Crippen LogP contribution in [0.4, 0.5) is 0 Å². The topological polar surface area (TPSA) is 18.5 Å². The summed E-state index contributed by atoms with van der Waals surface area (Å²) in [5, 5.41) is 0. The van der Waals surface area contributed by atoms with Crippen molar-refractivity contribution in [3.63, 3.8) is 0 Å². The Labute approximate surface area is 137 Å². The van der Waals surface area contributed by atoms with Crippen LogP contribution < -0.4 is 4.52 Å². The van der Waals surface area contributed by atoms with Crippen LogP contribution in [0.5, 0.6) is 5.75 Å². The number of rotatable bonds is 2. The van der Waals surface area contributed by atoms with Gasteiger partial charge in [0.05, 0.1) is 18.9 Å². The van der Waals surface area contributed by atoms with Crippen LogP contribution in [0.1, 0.15) is 49.7 Å². The minimum Gasteiger partial charge on any atom is -0.484 e. The number of aryl methyl sites for hydroxylation is 1. The van der Waals surface area contributed by atoms with E-state index in [1.165, 1.54) is 43.4 Å². The molecule has 0 N–H and O–H groups in total. The molecule has 0 heterocycles. The van der Waals surface area contributed by atoms with Crippen LogP contribution in [-0.4, -0.2) is 0 Å². The standard InChI is InChI=1S/C18H24O2P2/c1-18-9-8-14-13-5-3-12(19-21)10-11(13)2-4-15(14)16(18)6-7-17(18)20-22/h3,5,7,10,14-16H,2,4,6,8-9,21-22H2,1H3. The van der Waals surface area contributed by atoms with Crippen molar-refractivity contribution in [1.29, 1.82) is 0 Å². The lowest BCUT2D eigenvalue weighted by atomic mass is 9.55. The van der Waals surface area contributed by atoms with Crippen molar-refractivity contribution in [2.45, 2.75) is 44.9 Å². The molecule has 0 spiro atoms. The van der Waals surface area contributed by atoms with Gasteiger partial charge in [-0.1, -0.05) is 13.0 Å². The first kappa shape index (κ1) is 15.0. The van der Waals surface area contributed by atoms with Crippen molar-refractivity contribution in [2.75, 3.05) is 0 Å². The Morgan fingerprint density at radius 1 is 1.18 bits per heavy atom. The first-order chi connectivity index (χ1) is 10.7. The summed E-state index contributed by atoms with van der Waals surface area (Å²) in [4.78, 5) is 0. The van der Waals surface area contributed by atoms with Gasteiger partial charge in [0.1, 0.15) is 11.5 Å². The van der Waals surface area contributed by atoms with Gasteiger partial charge in [-0.05, 0) is 79.2 Å². The molecule has 4 heteroatoms. The minimum atomic E-state index is 0.254. The normalized spacial score (nSPS) is 36.0. The maximum Gasteiger partial charge on any atom is 0.122 e. The fourth-order valence-electron chi connectivity index (χ4n) is 5.34. The largest absolute Gasteiger partial charge is 0.484 e. The van der Waals surface area contributed by atoms with Crippen LogP contribution >= 0.6 is 18.9 Å². The molecule has 3 aliphatic carbocycles. The Kier molecular flexibility index (Phi) is 3.74. The summed E-state index contributed by atoms with van der Waals surface area (Å²) >= 11 is 0. The van der Waals surface area contributed by atoms with Crippen molar-refractivity contribution in [3.8, 4) is 5.75 Å². The second-order valence-corrected chi connectivity index (χ2v) is 7.74. The van der Waals surface area contributed by atoms with Gasteiger partial charge in [0.25, 0.3) is 0 Å². The predicted molar refractivity (Wildman–Crippen MR) is 95.7 cm³/mol. The second kappa shape index (κ2) is 5.50. The maximum absolute atomic E-state index is 5.62. The van der Waals surface area contributed by atoms with Gasteiger partial charge in [-0.3, -0.25) is 0 Å². The van der Waals surface area contributed by atoms with Gasteiger partial charge in [0, 0.05) is 5.41 Å². The minimum absolute atomic E-state index is 0.254. The number of benzene rings is 1. The van der Waals surface area contributed by atoms with Crippen molar-refractivity contribution in [1.82, 2.24) is 0 Å². The third-order valence-electron chi connectivity index (χ3n) is 6.47.